The van der Waals surface area contributed by atoms with Crippen molar-refractivity contribution >= 4 is 5.69 Å². The minimum absolute atomic E-state index is 0.455. The molecular formula is C15H24N2O3. The van der Waals surface area contributed by atoms with E-state index >= 15 is 0 Å². The van der Waals surface area contributed by atoms with Gasteiger partial charge >= 0.3 is 0 Å². The summed E-state index contributed by atoms with van der Waals surface area (Å²) in [5.41, 5.74) is 1.000. The lowest BCUT2D eigenvalue weighted by atomic mass is 10.1. The Morgan fingerprint density at radius 2 is 1.75 bits per heavy atom. The third kappa shape index (κ3) is 3.28. The van der Waals surface area contributed by atoms with Gasteiger partial charge in [-0.05, 0) is 26.4 Å². The summed E-state index contributed by atoms with van der Waals surface area (Å²) >= 11 is 0. The third-order valence-corrected chi connectivity index (χ3v) is 3.66. The number of rotatable bonds is 5. The Hall–Kier alpha value is -1.62. The van der Waals surface area contributed by atoms with Crippen molar-refractivity contribution in [2.45, 2.75) is 18.9 Å². The molecule has 0 aliphatic carbocycles. The highest BCUT2D eigenvalue weighted by atomic mass is 16.5. The quantitative estimate of drug-likeness (QED) is 0.896. The van der Waals surface area contributed by atoms with Crippen LogP contribution < -0.4 is 19.5 Å². The van der Waals surface area contributed by atoms with Crippen LogP contribution in [0.15, 0.2) is 12.1 Å². The van der Waals surface area contributed by atoms with Crippen LogP contribution in [0.1, 0.15) is 12.8 Å². The minimum atomic E-state index is 0.455. The molecule has 1 saturated heterocycles. The molecule has 1 atom stereocenters. The van der Waals surface area contributed by atoms with Gasteiger partial charge in [0, 0.05) is 30.4 Å². The number of likely N-dealkylation sites (N-methyl/N-ethyl adjacent to an activating group) is 1. The summed E-state index contributed by atoms with van der Waals surface area (Å²) in [4.78, 5) is 2.35. The number of hydrogen-bond acceptors (Lipinski definition) is 5. The van der Waals surface area contributed by atoms with Crippen molar-refractivity contribution in [3.8, 4) is 17.2 Å². The molecule has 1 aromatic rings. The second-order valence-corrected chi connectivity index (χ2v) is 5.16. The summed E-state index contributed by atoms with van der Waals surface area (Å²) in [5.74, 6) is 1.98. The first-order valence-corrected chi connectivity index (χ1v) is 6.93. The fraction of sp³-hybridized carbons (Fsp3) is 0.600. The van der Waals surface area contributed by atoms with Crippen LogP contribution in [0.4, 0.5) is 5.69 Å². The second-order valence-electron chi connectivity index (χ2n) is 5.16. The highest BCUT2D eigenvalue weighted by molar-refractivity contribution is 5.62. The normalized spacial score (nSPS) is 19.5. The van der Waals surface area contributed by atoms with Crippen LogP contribution in [-0.2, 0) is 0 Å². The van der Waals surface area contributed by atoms with Crippen LogP contribution >= 0.6 is 0 Å². The van der Waals surface area contributed by atoms with Gasteiger partial charge in [-0.15, -0.1) is 0 Å². The molecule has 0 spiro atoms. The molecule has 0 amide bonds. The zero-order chi connectivity index (χ0) is 14.5. The van der Waals surface area contributed by atoms with Crippen molar-refractivity contribution in [2.24, 2.45) is 0 Å². The summed E-state index contributed by atoms with van der Waals surface area (Å²) < 4.78 is 16.1. The molecular weight excluding hydrogens is 256 g/mol. The molecule has 1 unspecified atom stereocenters. The molecule has 0 saturated carbocycles. The second kappa shape index (κ2) is 6.70. The topological polar surface area (TPSA) is 43.0 Å². The lowest BCUT2D eigenvalue weighted by Crippen LogP contribution is -2.39. The van der Waals surface area contributed by atoms with Gasteiger partial charge in [0.25, 0.3) is 0 Å². The maximum absolute atomic E-state index is 5.37. The van der Waals surface area contributed by atoms with Gasteiger partial charge < -0.3 is 24.4 Å². The van der Waals surface area contributed by atoms with Crippen LogP contribution in [0.5, 0.6) is 17.2 Å². The summed E-state index contributed by atoms with van der Waals surface area (Å²) in [6.45, 7) is 2.23. The zero-order valence-corrected chi connectivity index (χ0v) is 12.7. The number of hydrogen-bond donors (Lipinski definition) is 1. The van der Waals surface area contributed by atoms with E-state index in [-0.39, 0.29) is 0 Å². The molecule has 1 heterocycles. The number of benzene rings is 1. The highest BCUT2D eigenvalue weighted by Crippen LogP contribution is 2.40. The Morgan fingerprint density at radius 1 is 1.10 bits per heavy atom. The standard InChI is InChI=1S/C15H24N2O3/c1-17-7-5-6-11(10-17)16-12-8-13(18-2)15(20-4)14(9-12)19-3/h8-9,11,16H,5-7,10H2,1-4H3. The van der Waals surface area contributed by atoms with E-state index in [0.29, 0.717) is 23.3 Å². The largest absolute Gasteiger partial charge is 0.493 e. The van der Waals surface area contributed by atoms with E-state index in [0.717, 1.165) is 12.2 Å². The fourth-order valence-corrected chi connectivity index (χ4v) is 2.68. The summed E-state index contributed by atoms with van der Waals surface area (Å²) in [7, 11) is 7.04. The van der Waals surface area contributed by atoms with Crippen LogP contribution in [0.25, 0.3) is 0 Å². The first kappa shape index (κ1) is 14.8. The predicted octanol–water partition coefficient (Wildman–Crippen LogP) is 2.22. The van der Waals surface area contributed by atoms with Gasteiger partial charge in [-0.1, -0.05) is 0 Å². The smallest absolute Gasteiger partial charge is 0.203 e. The van der Waals surface area contributed by atoms with Crippen molar-refractivity contribution in [1.29, 1.82) is 0 Å². The van der Waals surface area contributed by atoms with Crippen LogP contribution in [0.2, 0.25) is 0 Å². The number of methoxy groups -OCH3 is 3. The SMILES string of the molecule is COc1cc(NC2CCCN(C)C2)cc(OC)c1OC. The number of ether oxygens (including phenoxy) is 3. The number of anilines is 1. The Labute approximate surface area is 120 Å². The predicted molar refractivity (Wildman–Crippen MR) is 80.2 cm³/mol. The van der Waals surface area contributed by atoms with Gasteiger partial charge in [-0.2, -0.15) is 0 Å². The van der Waals surface area contributed by atoms with Gasteiger partial charge in [0.05, 0.1) is 21.3 Å². The third-order valence-electron chi connectivity index (χ3n) is 3.66. The lowest BCUT2D eigenvalue weighted by Gasteiger charge is -2.31. The molecule has 112 valence electrons. The van der Waals surface area contributed by atoms with E-state index in [4.69, 9.17) is 14.2 Å². The summed E-state index contributed by atoms with van der Waals surface area (Å²) in [5, 5.41) is 3.55. The average Bonchev–Trinajstić information content (AvgIpc) is 2.46. The van der Waals surface area contributed by atoms with E-state index in [9.17, 15) is 0 Å². The highest BCUT2D eigenvalue weighted by Gasteiger charge is 2.19. The van der Waals surface area contributed by atoms with Gasteiger partial charge in [0.1, 0.15) is 0 Å². The first-order chi connectivity index (χ1) is 9.67. The Balaban J connectivity index is 2.19. The summed E-state index contributed by atoms with van der Waals surface area (Å²) in [6.07, 6.45) is 2.40. The Kier molecular flexibility index (Phi) is 4.95. The van der Waals surface area contributed by atoms with E-state index in [1.807, 2.05) is 12.1 Å². The molecule has 1 aliphatic rings. The molecule has 0 radical (unpaired) electrons. The van der Waals surface area contributed by atoms with Gasteiger partial charge in [-0.25, -0.2) is 0 Å². The fourth-order valence-electron chi connectivity index (χ4n) is 2.68. The summed E-state index contributed by atoms with van der Waals surface area (Å²) in [6, 6.07) is 4.36. The van der Waals surface area contributed by atoms with Crippen LogP contribution in [0.3, 0.4) is 0 Å². The lowest BCUT2D eigenvalue weighted by molar-refractivity contribution is 0.261. The number of likely N-dealkylation sites (tertiary alicyclic amines) is 1. The van der Waals surface area contributed by atoms with E-state index in [1.165, 1.54) is 19.4 Å². The van der Waals surface area contributed by atoms with Crippen molar-refractivity contribution in [1.82, 2.24) is 4.90 Å². The maximum atomic E-state index is 5.37. The molecule has 0 bridgehead atoms. The van der Waals surface area contributed by atoms with Gasteiger partial charge in [0.15, 0.2) is 11.5 Å². The van der Waals surface area contributed by atoms with Gasteiger partial charge in [-0.3, -0.25) is 0 Å². The molecule has 5 nitrogen and oxygen atoms in total. The number of nitrogens with zero attached hydrogens (tertiary/aromatic N) is 1. The molecule has 20 heavy (non-hydrogen) atoms. The van der Waals surface area contributed by atoms with E-state index in [2.05, 4.69) is 17.3 Å². The molecule has 5 heteroatoms. The Morgan fingerprint density at radius 3 is 2.25 bits per heavy atom. The van der Waals surface area contributed by atoms with Gasteiger partial charge in [0.2, 0.25) is 5.75 Å². The molecule has 1 aromatic carbocycles. The van der Waals surface area contributed by atoms with Crippen LogP contribution in [-0.4, -0.2) is 52.4 Å². The molecule has 1 N–H and O–H groups in total. The minimum Gasteiger partial charge on any atom is -0.493 e. The Bertz CT molecular complexity index is 426. The number of piperidine rings is 1. The van der Waals surface area contributed by atoms with E-state index < -0.39 is 0 Å². The molecule has 0 aromatic heterocycles. The molecule has 2 rings (SSSR count). The van der Waals surface area contributed by atoms with Crippen molar-refractivity contribution < 1.29 is 14.2 Å². The number of nitrogens with one attached hydrogen (secondary N) is 1. The monoisotopic (exact) mass is 280 g/mol. The maximum Gasteiger partial charge on any atom is 0.203 e. The van der Waals surface area contributed by atoms with Crippen molar-refractivity contribution in [3.05, 3.63) is 12.1 Å². The van der Waals surface area contributed by atoms with E-state index in [1.54, 1.807) is 21.3 Å². The molecule has 1 fully saturated rings. The molecule has 1 aliphatic heterocycles. The van der Waals surface area contributed by atoms with Crippen LogP contribution in [0, 0.1) is 0 Å². The average molecular weight is 280 g/mol. The van der Waals surface area contributed by atoms with Crippen molar-refractivity contribution in [2.75, 3.05) is 46.8 Å². The van der Waals surface area contributed by atoms with Crippen molar-refractivity contribution in [3.63, 3.8) is 0 Å². The zero-order valence-electron chi connectivity index (χ0n) is 12.7. The first-order valence-electron chi connectivity index (χ1n) is 6.93.